The molecule has 6 nitrogen and oxygen atoms in total. The fourth-order valence-corrected chi connectivity index (χ4v) is 3.93. The van der Waals surface area contributed by atoms with Crippen LogP contribution in [0.1, 0.15) is 42.7 Å². The number of Topliss-reactive ketones (excluding diaryl/α,β-unsaturated/α-hetero) is 1. The second kappa shape index (κ2) is 9.28. The average molecular weight is 442 g/mol. The number of imidazole rings is 1. The number of hydrogen-bond donors (Lipinski definition) is 1. The van der Waals surface area contributed by atoms with Crippen molar-refractivity contribution in [3.8, 4) is 17.1 Å². The number of ketones is 1. The summed E-state index contributed by atoms with van der Waals surface area (Å²) in [6, 6.07) is 21.9. The Bertz CT molecular complexity index is 1290. The maximum atomic E-state index is 13.5. The number of fused-ring (bicyclic) bond motifs is 1. The van der Waals surface area contributed by atoms with Gasteiger partial charge in [-0.15, -0.1) is 0 Å². The van der Waals surface area contributed by atoms with E-state index in [1.807, 2.05) is 79.1 Å². The van der Waals surface area contributed by atoms with E-state index >= 15 is 0 Å². The smallest absolute Gasteiger partial charge is 0.247 e. The van der Waals surface area contributed by atoms with Crippen molar-refractivity contribution in [3.05, 3.63) is 83.9 Å². The number of benzene rings is 3. The highest BCUT2D eigenvalue weighted by atomic mass is 16.5. The fourth-order valence-electron chi connectivity index (χ4n) is 3.93. The Labute approximate surface area is 193 Å². The van der Waals surface area contributed by atoms with Crippen molar-refractivity contribution < 1.29 is 14.3 Å². The second-order valence-electron chi connectivity index (χ2n) is 8.27. The molecule has 4 aromatic rings. The summed E-state index contributed by atoms with van der Waals surface area (Å²) in [6.07, 6.45) is 0. The molecule has 0 bridgehead atoms. The number of rotatable bonds is 7. The molecule has 4 rings (SSSR count). The zero-order valence-corrected chi connectivity index (χ0v) is 19.2. The molecule has 6 heteroatoms. The van der Waals surface area contributed by atoms with Crippen molar-refractivity contribution in [2.45, 2.75) is 32.9 Å². The molecule has 0 saturated heterocycles. The van der Waals surface area contributed by atoms with E-state index in [0.717, 1.165) is 27.9 Å². The fraction of sp³-hybridized carbons (Fsp3) is 0.222. The van der Waals surface area contributed by atoms with Crippen molar-refractivity contribution in [3.63, 3.8) is 0 Å². The van der Waals surface area contributed by atoms with Crippen molar-refractivity contribution in [1.29, 1.82) is 0 Å². The van der Waals surface area contributed by atoms with Gasteiger partial charge in [-0.2, -0.15) is 0 Å². The third-order valence-electron chi connectivity index (χ3n) is 5.51. The predicted octanol–water partition coefficient (Wildman–Crippen LogP) is 5.03. The molecule has 1 aromatic heterocycles. The number of amides is 1. The molecule has 168 valence electrons. The molecule has 1 unspecified atom stereocenters. The van der Waals surface area contributed by atoms with Gasteiger partial charge in [0.25, 0.3) is 0 Å². The molecule has 1 N–H and O–H groups in total. The normalized spacial score (nSPS) is 12.0. The molecule has 0 saturated carbocycles. The first-order valence-corrected chi connectivity index (χ1v) is 10.9. The van der Waals surface area contributed by atoms with Gasteiger partial charge >= 0.3 is 0 Å². The number of nitrogens with one attached hydrogen (secondary N) is 1. The molecule has 0 radical (unpaired) electrons. The Morgan fingerprint density at radius 2 is 1.61 bits per heavy atom. The van der Waals surface area contributed by atoms with E-state index in [1.54, 1.807) is 26.2 Å². The Hall–Kier alpha value is -3.93. The van der Waals surface area contributed by atoms with Gasteiger partial charge in [0.05, 0.1) is 18.1 Å². The van der Waals surface area contributed by atoms with Crippen LogP contribution >= 0.6 is 0 Å². The van der Waals surface area contributed by atoms with Crippen LogP contribution in [0.4, 0.5) is 0 Å². The molecular weight excluding hydrogens is 414 g/mol. The Morgan fingerprint density at radius 3 is 2.21 bits per heavy atom. The van der Waals surface area contributed by atoms with Crippen LogP contribution in [0.5, 0.6) is 5.75 Å². The number of aromatic nitrogens is 2. The summed E-state index contributed by atoms with van der Waals surface area (Å²) in [6.45, 7) is 5.42. The van der Waals surface area contributed by atoms with Crippen LogP contribution in [0.3, 0.4) is 0 Å². The summed E-state index contributed by atoms with van der Waals surface area (Å²) in [4.78, 5) is 30.2. The topological polar surface area (TPSA) is 73.2 Å². The lowest BCUT2D eigenvalue weighted by Crippen LogP contribution is -2.37. The van der Waals surface area contributed by atoms with Crippen LogP contribution in [0.25, 0.3) is 22.4 Å². The number of carbonyl (C=O) groups is 2. The van der Waals surface area contributed by atoms with Gasteiger partial charge in [0.1, 0.15) is 17.6 Å². The SMILES string of the molecule is COc1ccc(C(C(=O)NC(C)C)n2c(-c3ccc(C(C)=O)cc3)nc3ccccc32)cc1. The lowest BCUT2D eigenvalue weighted by atomic mass is 10.0. The number of hydrogen-bond acceptors (Lipinski definition) is 4. The minimum atomic E-state index is -0.645. The van der Waals surface area contributed by atoms with Crippen LogP contribution in [0.2, 0.25) is 0 Å². The van der Waals surface area contributed by atoms with E-state index in [9.17, 15) is 9.59 Å². The number of nitrogens with zero attached hydrogens (tertiary/aromatic N) is 2. The standard InChI is InChI=1S/C27H27N3O3/c1-17(2)28-27(32)25(20-13-15-22(33-4)16-14-20)30-24-8-6-5-7-23(24)29-26(30)21-11-9-19(10-12-21)18(3)31/h5-17,25H,1-4H3,(H,28,32). The van der Waals surface area contributed by atoms with E-state index in [1.165, 1.54) is 0 Å². The molecular formula is C27H27N3O3. The lowest BCUT2D eigenvalue weighted by molar-refractivity contribution is -0.123. The van der Waals surface area contributed by atoms with Gasteiger partial charge < -0.3 is 14.6 Å². The van der Waals surface area contributed by atoms with Gasteiger partial charge in [-0.05, 0) is 50.6 Å². The first-order valence-electron chi connectivity index (χ1n) is 10.9. The molecule has 0 spiro atoms. The molecule has 1 heterocycles. The Morgan fingerprint density at radius 1 is 0.939 bits per heavy atom. The first-order chi connectivity index (χ1) is 15.9. The van der Waals surface area contributed by atoms with Crippen LogP contribution in [-0.4, -0.2) is 34.4 Å². The summed E-state index contributed by atoms with van der Waals surface area (Å²) in [7, 11) is 1.62. The van der Waals surface area contributed by atoms with Crippen LogP contribution in [0.15, 0.2) is 72.8 Å². The third-order valence-corrected chi connectivity index (χ3v) is 5.51. The predicted molar refractivity (Wildman–Crippen MR) is 130 cm³/mol. The van der Waals surface area contributed by atoms with Crippen LogP contribution in [-0.2, 0) is 4.79 Å². The minimum absolute atomic E-state index is 0.00229. The summed E-state index contributed by atoms with van der Waals surface area (Å²) < 4.78 is 7.28. The largest absolute Gasteiger partial charge is 0.497 e. The minimum Gasteiger partial charge on any atom is -0.497 e. The molecule has 33 heavy (non-hydrogen) atoms. The van der Waals surface area contributed by atoms with Crippen molar-refractivity contribution >= 4 is 22.7 Å². The molecule has 0 aliphatic rings. The van der Waals surface area contributed by atoms with Crippen molar-refractivity contribution in [2.24, 2.45) is 0 Å². The number of para-hydroxylation sites is 2. The van der Waals surface area contributed by atoms with Crippen molar-refractivity contribution in [2.75, 3.05) is 7.11 Å². The summed E-state index contributed by atoms with van der Waals surface area (Å²) in [5, 5.41) is 3.06. The van der Waals surface area contributed by atoms with Gasteiger partial charge in [0.15, 0.2) is 5.78 Å². The van der Waals surface area contributed by atoms with E-state index in [0.29, 0.717) is 11.4 Å². The van der Waals surface area contributed by atoms with E-state index in [4.69, 9.17) is 9.72 Å². The molecule has 1 atom stereocenters. The number of ether oxygens (including phenoxy) is 1. The molecule has 1 amide bonds. The van der Waals surface area contributed by atoms with Gasteiger partial charge in [-0.3, -0.25) is 9.59 Å². The van der Waals surface area contributed by atoms with Crippen LogP contribution < -0.4 is 10.1 Å². The maximum absolute atomic E-state index is 13.5. The Balaban J connectivity index is 1.95. The molecule has 3 aromatic carbocycles. The van der Waals surface area contributed by atoms with E-state index in [-0.39, 0.29) is 17.7 Å². The maximum Gasteiger partial charge on any atom is 0.247 e. The lowest BCUT2D eigenvalue weighted by Gasteiger charge is -2.23. The zero-order chi connectivity index (χ0) is 23.5. The monoisotopic (exact) mass is 441 g/mol. The molecule has 0 fully saturated rings. The van der Waals surface area contributed by atoms with Gasteiger partial charge in [-0.25, -0.2) is 4.98 Å². The third kappa shape index (κ3) is 4.51. The van der Waals surface area contributed by atoms with Gasteiger partial charge in [-0.1, -0.05) is 48.5 Å². The second-order valence-corrected chi connectivity index (χ2v) is 8.27. The molecule has 0 aliphatic carbocycles. The van der Waals surface area contributed by atoms with E-state index < -0.39 is 6.04 Å². The highest BCUT2D eigenvalue weighted by Crippen LogP contribution is 2.33. The highest BCUT2D eigenvalue weighted by molar-refractivity contribution is 5.95. The van der Waals surface area contributed by atoms with Crippen LogP contribution in [0, 0.1) is 0 Å². The summed E-state index contributed by atoms with van der Waals surface area (Å²) in [5.41, 5.74) is 3.92. The number of carbonyl (C=O) groups excluding carboxylic acids is 2. The highest BCUT2D eigenvalue weighted by Gasteiger charge is 2.28. The van der Waals surface area contributed by atoms with E-state index in [2.05, 4.69) is 5.32 Å². The van der Waals surface area contributed by atoms with Gasteiger partial charge in [0.2, 0.25) is 5.91 Å². The van der Waals surface area contributed by atoms with Crippen molar-refractivity contribution in [1.82, 2.24) is 14.9 Å². The quantitative estimate of drug-likeness (QED) is 0.408. The summed E-state index contributed by atoms with van der Waals surface area (Å²) >= 11 is 0. The number of methoxy groups -OCH3 is 1. The Kier molecular flexibility index (Phi) is 6.27. The summed E-state index contributed by atoms with van der Waals surface area (Å²) in [5.74, 6) is 1.26. The first kappa shape index (κ1) is 22.3. The average Bonchev–Trinajstić information content (AvgIpc) is 3.18. The van der Waals surface area contributed by atoms with Gasteiger partial charge in [0, 0.05) is 17.2 Å². The zero-order valence-electron chi connectivity index (χ0n) is 19.2. The molecule has 0 aliphatic heterocycles.